The van der Waals surface area contributed by atoms with Gasteiger partial charge in [0.1, 0.15) is 6.54 Å². The molecule has 0 radical (unpaired) electrons. The first-order valence-electron chi connectivity index (χ1n) is 8.62. The van der Waals surface area contributed by atoms with Crippen molar-refractivity contribution >= 4 is 16.8 Å². The molecular weight excluding hydrogens is 330 g/mol. The van der Waals surface area contributed by atoms with Gasteiger partial charge in [-0.15, -0.1) is 0 Å². The summed E-state index contributed by atoms with van der Waals surface area (Å²) in [5.41, 5.74) is 1.82. The highest BCUT2D eigenvalue weighted by Crippen LogP contribution is 2.23. The molecule has 3 aromatic rings. The van der Waals surface area contributed by atoms with E-state index < -0.39 is 11.2 Å². The van der Waals surface area contributed by atoms with Gasteiger partial charge in [-0.1, -0.05) is 36.4 Å². The number of aromatic amines is 1. The van der Waals surface area contributed by atoms with Crippen molar-refractivity contribution in [3.05, 3.63) is 80.5 Å². The summed E-state index contributed by atoms with van der Waals surface area (Å²) >= 11 is 0. The Morgan fingerprint density at radius 3 is 2.58 bits per heavy atom. The van der Waals surface area contributed by atoms with Crippen molar-refractivity contribution in [3.8, 4) is 0 Å². The number of carbonyl (C=O) groups excluding carboxylic acids is 1. The molecule has 1 unspecified atom stereocenters. The van der Waals surface area contributed by atoms with Gasteiger partial charge in [0.2, 0.25) is 5.91 Å². The molecule has 0 bridgehead atoms. The largest absolute Gasteiger partial charge is 0.334 e. The van der Waals surface area contributed by atoms with Gasteiger partial charge in [0.25, 0.3) is 5.56 Å². The lowest BCUT2D eigenvalue weighted by Crippen LogP contribution is -2.47. The van der Waals surface area contributed by atoms with Crippen molar-refractivity contribution in [2.24, 2.45) is 0 Å². The van der Waals surface area contributed by atoms with Crippen molar-refractivity contribution < 1.29 is 4.79 Å². The first kappa shape index (κ1) is 16.3. The highest BCUT2D eigenvalue weighted by molar-refractivity contribution is 5.79. The Hall–Kier alpha value is -3.15. The molecule has 0 fully saturated rings. The fraction of sp³-hybridized carbons (Fsp3) is 0.250. The van der Waals surface area contributed by atoms with Crippen LogP contribution in [-0.4, -0.2) is 26.4 Å². The molecule has 4 rings (SSSR count). The number of fused-ring (bicyclic) bond motifs is 2. The van der Waals surface area contributed by atoms with Gasteiger partial charge in [0.05, 0.1) is 10.9 Å². The maximum absolute atomic E-state index is 12.8. The minimum absolute atomic E-state index is 0.0210. The van der Waals surface area contributed by atoms with E-state index in [1.54, 1.807) is 29.2 Å². The molecule has 1 aromatic heterocycles. The SMILES string of the molecule is CC1Cc2ccccc2CN1C(=O)Cn1c(=O)[nH]c2ccccc2c1=O. The molecule has 0 spiro atoms. The Morgan fingerprint density at radius 2 is 1.77 bits per heavy atom. The number of benzene rings is 2. The predicted octanol–water partition coefficient (Wildman–Crippen LogP) is 1.66. The minimum atomic E-state index is -0.563. The molecule has 2 heterocycles. The first-order chi connectivity index (χ1) is 12.5. The van der Waals surface area contributed by atoms with Crippen LogP contribution in [0.2, 0.25) is 0 Å². The van der Waals surface area contributed by atoms with Crippen molar-refractivity contribution in [2.75, 3.05) is 0 Å². The van der Waals surface area contributed by atoms with E-state index in [4.69, 9.17) is 0 Å². The summed E-state index contributed by atoms with van der Waals surface area (Å²) in [6.45, 7) is 2.23. The summed E-state index contributed by atoms with van der Waals surface area (Å²) in [6.07, 6.45) is 0.769. The Kier molecular flexibility index (Phi) is 3.95. The number of amides is 1. The van der Waals surface area contributed by atoms with Gasteiger partial charge in [-0.3, -0.25) is 14.2 Å². The summed E-state index contributed by atoms with van der Waals surface area (Å²) in [4.78, 5) is 42.2. The van der Waals surface area contributed by atoms with Crippen molar-refractivity contribution in [1.82, 2.24) is 14.5 Å². The van der Waals surface area contributed by atoms with Crippen molar-refractivity contribution in [3.63, 3.8) is 0 Å². The standard InChI is InChI=1S/C20H19N3O3/c1-13-10-14-6-2-3-7-15(14)11-22(13)18(24)12-23-19(25)16-8-4-5-9-17(16)21-20(23)26/h2-9,13H,10-12H2,1H3,(H,21,26). The number of rotatable bonds is 2. The zero-order chi connectivity index (χ0) is 18.3. The topological polar surface area (TPSA) is 75.2 Å². The number of H-pyrrole nitrogens is 1. The van der Waals surface area contributed by atoms with E-state index >= 15 is 0 Å². The molecule has 6 heteroatoms. The zero-order valence-corrected chi connectivity index (χ0v) is 14.4. The van der Waals surface area contributed by atoms with Crippen LogP contribution in [0.15, 0.2) is 58.1 Å². The number of carbonyl (C=O) groups is 1. The van der Waals surface area contributed by atoms with Gasteiger partial charge >= 0.3 is 5.69 Å². The van der Waals surface area contributed by atoms with E-state index in [-0.39, 0.29) is 18.5 Å². The normalized spacial score (nSPS) is 16.5. The highest BCUT2D eigenvalue weighted by atomic mass is 16.2. The maximum atomic E-state index is 12.8. The molecule has 26 heavy (non-hydrogen) atoms. The second-order valence-corrected chi connectivity index (χ2v) is 6.71. The van der Waals surface area contributed by atoms with Crippen LogP contribution in [-0.2, 0) is 24.3 Å². The van der Waals surface area contributed by atoms with Crippen LogP contribution in [0.3, 0.4) is 0 Å². The molecule has 1 N–H and O–H groups in total. The van der Waals surface area contributed by atoms with Crippen LogP contribution in [0, 0.1) is 0 Å². The molecule has 0 saturated carbocycles. The minimum Gasteiger partial charge on any atom is -0.334 e. The van der Waals surface area contributed by atoms with Crippen LogP contribution in [0.25, 0.3) is 10.9 Å². The molecule has 6 nitrogen and oxygen atoms in total. The smallest absolute Gasteiger partial charge is 0.329 e. The maximum Gasteiger partial charge on any atom is 0.329 e. The van der Waals surface area contributed by atoms with Gasteiger partial charge in [0, 0.05) is 12.6 Å². The van der Waals surface area contributed by atoms with Crippen LogP contribution in [0.1, 0.15) is 18.1 Å². The third kappa shape index (κ3) is 2.73. The second-order valence-electron chi connectivity index (χ2n) is 6.71. The number of aromatic nitrogens is 2. The van der Waals surface area contributed by atoms with Gasteiger partial charge in [0.15, 0.2) is 0 Å². The second kappa shape index (κ2) is 6.29. The third-order valence-corrected chi connectivity index (χ3v) is 5.01. The molecule has 2 aromatic carbocycles. The van der Waals surface area contributed by atoms with Crippen molar-refractivity contribution in [2.45, 2.75) is 32.5 Å². The van der Waals surface area contributed by atoms with Gasteiger partial charge in [-0.2, -0.15) is 0 Å². The van der Waals surface area contributed by atoms with E-state index in [0.29, 0.717) is 17.4 Å². The van der Waals surface area contributed by atoms with Crippen LogP contribution in [0.4, 0.5) is 0 Å². The number of nitrogens with zero attached hydrogens (tertiary/aromatic N) is 2. The highest BCUT2D eigenvalue weighted by Gasteiger charge is 2.27. The van der Waals surface area contributed by atoms with Gasteiger partial charge < -0.3 is 9.88 Å². The fourth-order valence-corrected chi connectivity index (χ4v) is 3.58. The lowest BCUT2D eigenvalue weighted by molar-refractivity contribution is -0.135. The Labute approximate surface area is 149 Å². The summed E-state index contributed by atoms with van der Waals surface area (Å²) in [5.74, 6) is -0.227. The molecule has 132 valence electrons. The number of nitrogens with one attached hydrogen (secondary N) is 1. The van der Waals surface area contributed by atoms with E-state index in [0.717, 1.165) is 16.6 Å². The monoisotopic (exact) mass is 349 g/mol. The quantitative estimate of drug-likeness (QED) is 0.765. The summed E-state index contributed by atoms with van der Waals surface area (Å²) in [5, 5.41) is 0.400. The average Bonchev–Trinajstić information content (AvgIpc) is 2.64. The van der Waals surface area contributed by atoms with E-state index in [1.807, 2.05) is 25.1 Å². The van der Waals surface area contributed by atoms with E-state index in [2.05, 4.69) is 11.1 Å². The van der Waals surface area contributed by atoms with E-state index in [9.17, 15) is 14.4 Å². The molecule has 0 saturated heterocycles. The zero-order valence-electron chi connectivity index (χ0n) is 14.4. The van der Waals surface area contributed by atoms with Crippen LogP contribution < -0.4 is 11.2 Å². The summed E-state index contributed by atoms with van der Waals surface area (Å²) in [6, 6.07) is 14.9. The predicted molar refractivity (Wildman–Crippen MR) is 99.0 cm³/mol. The fourth-order valence-electron chi connectivity index (χ4n) is 3.58. The summed E-state index contributed by atoms with van der Waals surface area (Å²) < 4.78 is 0.984. The third-order valence-electron chi connectivity index (χ3n) is 5.01. The van der Waals surface area contributed by atoms with Crippen LogP contribution >= 0.6 is 0 Å². The van der Waals surface area contributed by atoms with E-state index in [1.165, 1.54) is 5.56 Å². The molecule has 0 aliphatic carbocycles. The van der Waals surface area contributed by atoms with Gasteiger partial charge in [-0.05, 0) is 36.6 Å². The molecular formula is C20H19N3O3. The molecule has 1 aliphatic heterocycles. The Balaban J connectivity index is 1.66. The molecule has 1 amide bonds. The molecule has 1 atom stereocenters. The molecule has 1 aliphatic rings. The average molecular weight is 349 g/mol. The first-order valence-corrected chi connectivity index (χ1v) is 8.62. The number of para-hydroxylation sites is 1. The van der Waals surface area contributed by atoms with Crippen molar-refractivity contribution in [1.29, 1.82) is 0 Å². The lowest BCUT2D eigenvalue weighted by Gasteiger charge is -2.35. The Morgan fingerprint density at radius 1 is 1.08 bits per heavy atom. The summed E-state index contributed by atoms with van der Waals surface area (Å²) in [7, 11) is 0. The number of hydrogen-bond acceptors (Lipinski definition) is 3. The lowest BCUT2D eigenvalue weighted by atomic mass is 9.95. The Bertz CT molecular complexity index is 1110. The van der Waals surface area contributed by atoms with Crippen LogP contribution in [0.5, 0.6) is 0 Å². The van der Waals surface area contributed by atoms with Gasteiger partial charge in [-0.25, -0.2) is 4.79 Å². The number of hydrogen-bond donors (Lipinski definition) is 1.